The highest BCUT2D eigenvalue weighted by Crippen LogP contribution is 2.32. The predicted molar refractivity (Wildman–Crippen MR) is 136 cm³/mol. The highest BCUT2D eigenvalue weighted by molar-refractivity contribution is 5.89. The number of phenols is 2. The molecule has 6 nitrogen and oxygen atoms in total. The van der Waals surface area contributed by atoms with Gasteiger partial charge in [0.15, 0.2) is 0 Å². The van der Waals surface area contributed by atoms with E-state index in [1.807, 2.05) is 41.1 Å². The number of phenolic OH excluding ortho intramolecular Hbond substituents is 2. The number of hydrogen-bond acceptors (Lipinski definition) is 5. The summed E-state index contributed by atoms with van der Waals surface area (Å²) in [6.45, 7) is 4.34. The van der Waals surface area contributed by atoms with E-state index < -0.39 is 12.1 Å². The molecular formula is C29H31NO5. The van der Waals surface area contributed by atoms with E-state index in [2.05, 4.69) is 13.8 Å². The smallest absolute Gasteiger partial charge is 0.338 e. The first-order valence-corrected chi connectivity index (χ1v) is 11.8. The number of aliphatic hydroxyl groups is 1. The molecule has 0 spiro atoms. The van der Waals surface area contributed by atoms with Gasteiger partial charge in [-0.15, -0.1) is 0 Å². The maximum Gasteiger partial charge on any atom is 0.338 e. The molecule has 0 fully saturated rings. The summed E-state index contributed by atoms with van der Waals surface area (Å²) >= 11 is 0. The average Bonchev–Trinajstić information content (AvgIpc) is 3.17. The molecule has 0 radical (unpaired) electrons. The Kier molecular flexibility index (Phi) is 7.42. The summed E-state index contributed by atoms with van der Waals surface area (Å²) < 4.78 is 7.23. The van der Waals surface area contributed by atoms with Crippen LogP contribution in [0.3, 0.4) is 0 Å². The molecule has 0 aliphatic rings. The Hall–Kier alpha value is -3.77. The number of para-hydroxylation sites is 1. The minimum absolute atomic E-state index is 0.0628. The molecular weight excluding hydrogens is 442 g/mol. The molecule has 0 bridgehead atoms. The first kappa shape index (κ1) is 24.4. The number of aromatic nitrogens is 1. The third-order valence-corrected chi connectivity index (χ3v) is 5.98. The van der Waals surface area contributed by atoms with Gasteiger partial charge < -0.3 is 24.6 Å². The molecule has 3 aromatic carbocycles. The lowest BCUT2D eigenvalue weighted by atomic mass is 10.00. The first-order valence-electron chi connectivity index (χ1n) is 11.8. The van der Waals surface area contributed by atoms with Crippen LogP contribution >= 0.6 is 0 Å². The van der Waals surface area contributed by atoms with Crippen molar-refractivity contribution in [3.8, 4) is 11.5 Å². The van der Waals surface area contributed by atoms with Crippen molar-refractivity contribution >= 4 is 16.9 Å². The van der Waals surface area contributed by atoms with Crippen LogP contribution in [0.15, 0.2) is 72.9 Å². The Balaban J connectivity index is 1.51. The summed E-state index contributed by atoms with van der Waals surface area (Å²) in [6, 6.07) is 19.9. The van der Waals surface area contributed by atoms with Gasteiger partial charge in [0.1, 0.15) is 18.1 Å². The Bertz CT molecular complexity index is 1290. The molecule has 1 aromatic heterocycles. The van der Waals surface area contributed by atoms with Crippen LogP contribution in [0.25, 0.3) is 10.9 Å². The van der Waals surface area contributed by atoms with Gasteiger partial charge in [-0.3, -0.25) is 0 Å². The minimum Gasteiger partial charge on any atom is -0.507 e. The third kappa shape index (κ3) is 5.84. The first-order chi connectivity index (χ1) is 16.8. The molecule has 0 amide bonds. The van der Waals surface area contributed by atoms with E-state index in [1.54, 1.807) is 36.4 Å². The standard InChI is InChI=1S/C29H31NO5/c1-19(2)12-20-13-27(32)25(28(33)14-20)17-30-16-22(24-10-6-7-11-26(24)30)15-23(31)18-35-29(34)21-8-4-3-5-9-21/h3-11,13-14,16,19,23,31-33H,12,15,17-18H2,1-2H3. The van der Waals surface area contributed by atoms with Crippen molar-refractivity contribution in [2.75, 3.05) is 6.61 Å². The number of carbonyl (C=O) groups is 1. The Morgan fingerprint density at radius 1 is 0.943 bits per heavy atom. The zero-order chi connectivity index (χ0) is 24.9. The van der Waals surface area contributed by atoms with Crippen LogP contribution in [-0.4, -0.2) is 38.6 Å². The minimum atomic E-state index is -0.876. The van der Waals surface area contributed by atoms with Crippen molar-refractivity contribution in [3.63, 3.8) is 0 Å². The zero-order valence-electron chi connectivity index (χ0n) is 20.0. The summed E-state index contributed by atoms with van der Waals surface area (Å²) in [5, 5.41) is 32.8. The number of nitrogens with zero attached hydrogens (tertiary/aromatic N) is 1. The van der Waals surface area contributed by atoms with Crippen LogP contribution in [-0.2, 0) is 24.1 Å². The van der Waals surface area contributed by atoms with E-state index in [4.69, 9.17) is 4.74 Å². The van der Waals surface area contributed by atoms with Gasteiger partial charge in [0, 0.05) is 23.5 Å². The van der Waals surface area contributed by atoms with E-state index >= 15 is 0 Å². The van der Waals surface area contributed by atoms with Gasteiger partial charge in [0.25, 0.3) is 0 Å². The summed E-state index contributed by atoms with van der Waals surface area (Å²) in [4.78, 5) is 12.2. The molecule has 182 valence electrons. The fourth-order valence-corrected chi connectivity index (χ4v) is 4.38. The molecule has 0 saturated carbocycles. The Labute approximate surface area is 205 Å². The molecule has 35 heavy (non-hydrogen) atoms. The van der Waals surface area contributed by atoms with Gasteiger partial charge in [-0.1, -0.05) is 50.2 Å². The lowest BCUT2D eigenvalue weighted by Gasteiger charge is -2.13. The Morgan fingerprint density at radius 2 is 1.60 bits per heavy atom. The fraction of sp³-hybridized carbons (Fsp3) is 0.276. The van der Waals surface area contributed by atoms with Crippen LogP contribution in [0.2, 0.25) is 0 Å². The number of rotatable bonds is 9. The van der Waals surface area contributed by atoms with E-state index in [0.717, 1.165) is 28.5 Å². The van der Waals surface area contributed by atoms with Gasteiger partial charge in [0.05, 0.1) is 23.8 Å². The highest BCUT2D eigenvalue weighted by Gasteiger charge is 2.17. The molecule has 3 N–H and O–H groups in total. The second-order valence-corrected chi connectivity index (χ2v) is 9.33. The second-order valence-electron chi connectivity index (χ2n) is 9.33. The normalized spacial score (nSPS) is 12.2. The van der Waals surface area contributed by atoms with Gasteiger partial charge in [-0.05, 0) is 53.8 Å². The fourth-order valence-electron chi connectivity index (χ4n) is 4.38. The van der Waals surface area contributed by atoms with Crippen molar-refractivity contribution in [1.29, 1.82) is 0 Å². The van der Waals surface area contributed by atoms with Gasteiger partial charge in [-0.2, -0.15) is 0 Å². The molecule has 0 aliphatic carbocycles. The van der Waals surface area contributed by atoms with Crippen LogP contribution in [0.1, 0.15) is 40.9 Å². The van der Waals surface area contributed by atoms with Crippen LogP contribution in [0.4, 0.5) is 0 Å². The average molecular weight is 474 g/mol. The third-order valence-electron chi connectivity index (χ3n) is 5.98. The summed E-state index contributed by atoms with van der Waals surface area (Å²) in [7, 11) is 0. The lowest BCUT2D eigenvalue weighted by molar-refractivity contribution is 0.0259. The lowest BCUT2D eigenvalue weighted by Crippen LogP contribution is -2.20. The van der Waals surface area contributed by atoms with Crippen molar-refractivity contribution in [1.82, 2.24) is 4.57 Å². The quantitative estimate of drug-likeness (QED) is 0.296. The molecule has 1 unspecified atom stereocenters. The zero-order valence-corrected chi connectivity index (χ0v) is 20.0. The number of hydrogen-bond donors (Lipinski definition) is 3. The molecule has 1 heterocycles. The molecule has 6 heteroatoms. The molecule has 1 atom stereocenters. The monoisotopic (exact) mass is 473 g/mol. The van der Waals surface area contributed by atoms with Crippen LogP contribution in [0, 0.1) is 5.92 Å². The van der Waals surface area contributed by atoms with E-state index in [0.29, 0.717) is 23.5 Å². The molecule has 0 aliphatic heterocycles. The molecule has 4 aromatic rings. The summed E-state index contributed by atoms with van der Waals surface area (Å²) in [6.07, 6.45) is 2.10. The maximum absolute atomic E-state index is 12.2. The van der Waals surface area contributed by atoms with Crippen molar-refractivity contribution in [3.05, 3.63) is 95.2 Å². The number of aromatic hydroxyl groups is 2. The van der Waals surface area contributed by atoms with E-state index in [9.17, 15) is 20.1 Å². The second kappa shape index (κ2) is 10.7. The number of benzene rings is 3. The predicted octanol–water partition coefficient (Wildman–Crippen LogP) is 5.06. The van der Waals surface area contributed by atoms with Gasteiger partial charge in [0.2, 0.25) is 0 Å². The number of carbonyl (C=O) groups excluding carboxylic acids is 1. The van der Waals surface area contributed by atoms with Gasteiger partial charge in [-0.25, -0.2) is 4.79 Å². The number of aliphatic hydroxyl groups excluding tert-OH is 1. The highest BCUT2D eigenvalue weighted by atomic mass is 16.5. The number of esters is 1. The SMILES string of the molecule is CC(C)Cc1cc(O)c(Cn2cc(CC(O)COC(=O)c3ccccc3)c3ccccc32)c(O)c1. The summed E-state index contributed by atoms with van der Waals surface area (Å²) in [5.74, 6) is 0.0635. The summed E-state index contributed by atoms with van der Waals surface area (Å²) in [5.41, 5.74) is 3.59. The molecule has 4 rings (SSSR count). The van der Waals surface area contributed by atoms with E-state index in [-0.39, 0.29) is 24.7 Å². The van der Waals surface area contributed by atoms with Crippen molar-refractivity contribution < 1.29 is 24.9 Å². The number of ether oxygens (including phenoxy) is 1. The topological polar surface area (TPSA) is 91.9 Å². The van der Waals surface area contributed by atoms with Gasteiger partial charge >= 0.3 is 5.97 Å². The largest absolute Gasteiger partial charge is 0.507 e. The molecule has 0 saturated heterocycles. The van der Waals surface area contributed by atoms with Crippen LogP contribution in [0.5, 0.6) is 11.5 Å². The van der Waals surface area contributed by atoms with Crippen LogP contribution < -0.4 is 0 Å². The maximum atomic E-state index is 12.2. The van der Waals surface area contributed by atoms with E-state index in [1.165, 1.54) is 0 Å². The van der Waals surface area contributed by atoms with Crippen molar-refractivity contribution in [2.45, 2.75) is 39.3 Å². The van der Waals surface area contributed by atoms with Crippen molar-refractivity contribution in [2.24, 2.45) is 5.92 Å². The number of fused-ring (bicyclic) bond motifs is 1. The Morgan fingerprint density at radius 3 is 2.29 bits per heavy atom.